The predicted molar refractivity (Wildman–Crippen MR) is 76.7 cm³/mol. The van der Waals surface area contributed by atoms with Gasteiger partial charge in [-0.05, 0) is 33.6 Å². The van der Waals surface area contributed by atoms with Crippen LogP contribution in [0.3, 0.4) is 0 Å². The molecule has 2 heterocycles. The van der Waals surface area contributed by atoms with Gasteiger partial charge in [-0.25, -0.2) is 0 Å². The lowest BCUT2D eigenvalue weighted by molar-refractivity contribution is 0.170. The van der Waals surface area contributed by atoms with Gasteiger partial charge in [0.1, 0.15) is 25.4 Å². The molecule has 1 aliphatic rings. The molecule has 0 radical (unpaired) electrons. The van der Waals surface area contributed by atoms with Gasteiger partial charge in [-0.15, -0.1) is 10.2 Å². The van der Waals surface area contributed by atoms with Crippen LogP contribution in [-0.2, 0) is 20.1 Å². The van der Waals surface area contributed by atoms with Gasteiger partial charge in [0.2, 0.25) is 0 Å². The first-order valence-electron chi connectivity index (χ1n) is 6.35. The number of ether oxygens (including phenoxy) is 2. The summed E-state index contributed by atoms with van der Waals surface area (Å²) in [5.74, 6) is 2.48. The monoisotopic (exact) mass is 338 g/mol. The molecule has 1 N–H and O–H groups in total. The fourth-order valence-electron chi connectivity index (χ4n) is 2.05. The van der Waals surface area contributed by atoms with E-state index in [0.717, 1.165) is 33.9 Å². The van der Waals surface area contributed by atoms with Crippen LogP contribution in [0.4, 0.5) is 0 Å². The van der Waals surface area contributed by atoms with Crippen molar-refractivity contribution in [2.24, 2.45) is 7.05 Å². The van der Waals surface area contributed by atoms with Crippen molar-refractivity contribution in [3.8, 4) is 11.5 Å². The average Bonchev–Trinajstić information content (AvgIpc) is 2.85. The molecule has 0 bridgehead atoms. The van der Waals surface area contributed by atoms with Gasteiger partial charge in [0, 0.05) is 13.6 Å². The van der Waals surface area contributed by atoms with Gasteiger partial charge >= 0.3 is 0 Å². The van der Waals surface area contributed by atoms with Crippen molar-refractivity contribution in [1.82, 2.24) is 20.1 Å². The molecule has 6 nitrogen and oxygen atoms in total. The zero-order valence-electron chi connectivity index (χ0n) is 11.1. The minimum atomic E-state index is 0.593. The summed E-state index contributed by atoms with van der Waals surface area (Å²) in [6.45, 7) is 2.58. The summed E-state index contributed by atoms with van der Waals surface area (Å²) in [5, 5.41) is 11.2. The fourth-order valence-corrected chi connectivity index (χ4v) is 2.66. The van der Waals surface area contributed by atoms with Crippen LogP contribution in [0, 0.1) is 0 Å². The number of nitrogens with zero attached hydrogens (tertiary/aromatic N) is 3. The van der Waals surface area contributed by atoms with E-state index in [-0.39, 0.29) is 0 Å². The standard InChI is InChI=1S/C13H15BrN4O2/c1-18-8-16-17-12(18)7-15-6-9-4-10(14)13-11(5-9)19-2-3-20-13/h4-5,8,15H,2-3,6-7H2,1H3. The second kappa shape index (κ2) is 5.80. The topological polar surface area (TPSA) is 61.2 Å². The van der Waals surface area contributed by atoms with Crippen LogP contribution >= 0.6 is 15.9 Å². The maximum atomic E-state index is 5.61. The number of nitrogens with one attached hydrogen (secondary N) is 1. The molecule has 0 spiro atoms. The van der Waals surface area contributed by atoms with Crippen LogP contribution in [0.5, 0.6) is 11.5 Å². The van der Waals surface area contributed by atoms with Crippen molar-refractivity contribution in [1.29, 1.82) is 0 Å². The molecule has 0 atom stereocenters. The molecule has 0 aliphatic carbocycles. The number of fused-ring (bicyclic) bond motifs is 1. The second-order valence-electron chi connectivity index (χ2n) is 4.56. The molecule has 20 heavy (non-hydrogen) atoms. The molecule has 0 unspecified atom stereocenters. The number of aromatic nitrogens is 3. The summed E-state index contributed by atoms with van der Waals surface area (Å²) in [4.78, 5) is 0. The van der Waals surface area contributed by atoms with Crippen LogP contribution in [0.2, 0.25) is 0 Å². The quantitative estimate of drug-likeness (QED) is 0.918. The van der Waals surface area contributed by atoms with Gasteiger partial charge in [0.05, 0.1) is 11.0 Å². The largest absolute Gasteiger partial charge is 0.486 e. The van der Waals surface area contributed by atoms with E-state index in [1.54, 1.807) is 6.33 Å². The summed E-state index contributed by atoms with van der Waals surface area (Å²) in [7, 11) is 1.93. The van der Waals surface area contributed by atoms with Crippen LogP contribution in [0.1, 0.15) is 11.4 Å². The highest BCUT2D eigenvalue weighted by Crippen LogP contribution is 2.38. The first-order valence-corrected chi connectivity index (χ1v) is 7.15. The summed E-state index contributed by atoms with van der Waals surface area (Å²) in [5.41, 5.74) is 1.13. The van der Waals surface area contributed by atoms with Crippen molar-refractivity contribution in [3.63, 3.8) is 0 Å². The Bertz CT molecular complexity index is 614. The van der Waals surface area contributed by atoms with E-state index in [9.17, 15) is 0 Å². The molecule has 1 aromatic carbocycles. The van der Waals surface area contributed by atoms with Gasteiger partial charge in [0.15, 0.2) is 11.5 Å². The summed E-state index contributed by atoms with van der Waals surface area (Å²) < 4.78 is 14.0. The van der Waals surface area contributed by atoms with E-state index in [1.807, 2.05) is 23.7 Å². The molecule has 0 amide bonds. The molecule has 1 aliphatic heterocycles. The van der Waals surface area contributed by atoms with Crippen molar-refractivity contribution in [3.05, 3.63) is 34.3 Å². The lowest BCUT2D eigenvalue weighted by Gasteiger charge is -2.20. The number of halogens is 1. The Morgan fingerprint density at radius 3 is 2.95 bits per heavy atom. The molecule has 0 fully saturated rings. The van der Waals surface area contributed by atoms with Crippen LogP contribution in [-0.4, -0.2) is 28.0 Å². The highest BCUT2D eigenvalue weighted by molar-refractivity contribution is 9.10. The number of rotatable bonds is 4. The van der Waals surface area contributed by atoms with Crippen LogP contribution in [0.25, 0.3) is 0 Å². The summed E-state index contributed by atoms with van der Waals surface area (Å²) >= 11 is 3.52. The molecular weight excluding hydrogens is 324 g/mol. The molecule has 0 saturated carbocycles. The van der Waals surface area contributed by atoms with E-state index < -0.39 is 0 Å². The van der Waals surface area contributed by atoms with E-state index in [0.29, 0.717) is 19.8 Å². The summed E-state index contributed by atoms with van der Waals surface area (Å²) in [6, 6.07) is 4.04. The normalized spacial score (nSPS) is 13.5. The molecule has 106 valence electrons. The minimum absolute atomic E-state index is 0.593. The lowest BCUT2D eigenvalue weighted by Crippen LogP contribution is -2.18. The van der Waals surface area contributed by atoms with Crippen LogP contribution in [0.15, 0.2) is 22.9 Å². The Hall–Kier alpha value is -1.60. The fraction of sp³-hybridized carbons (Fsp3) is 0.385. The second-order valence-corrected chi connectivity index (χ2v) is 5.42. The summed E-state index contributed by atoms with van der Waals surface area (Å²) in [6.07, 6.45) is 1.69. The van der Waals surface area contributed by atoms with Gasteiger partial charge in [-0.2, -0.15) is 0 Å². The highest BCUT2D eigenvalue weighted by Gasteiger charge is 2.16. The molecule has 1 aromatic heterocycles. The van der Waals surface area contributed by atoms with E-state index >= 15 is 0 Å². The van der Waals surface area contributed by atoms with Crippen LogP contribution < -0.4 is 14.8 Å². The SMILES string of the molecule is Cn1cnnc1CNCc1cc(Br)c2c(c1)OCCO2. The Balaban J connectivity index is 1.66. The smallest absolute Gasteiger partial charge is 0.175 e. The van der Waals surface area contributed by atoms with Gasteiger partial charge in [0.25, 0.3) is 0 Å². The van der Waals surface area contributed by atoms with Crippen molar-refractivity contribution < 1.29 is 9.47 Å². The predicted octanol–water partition coefficient (Wildman–Crippen LogP) is 1.64. The minimum Gasteiger partial charge on any atom is -0.486 e. The van der Waals surface area contributed by atoms with Crippen molar-refractivity contribution >= 4 is 15.9 Å². The highest BCUT2D eigenvalue weighted by atomic mass is 79.9. The molecule has 7 heteroatoms. The third kappa shape index (κ3) is 2.78. The first kappa shape index (κ1) is 13.4. The molecular formula is C13H15BrN4O2. The maximum absolute atomic E-state index is 5.61. The average molecular weight is 339 g/mol. The Morgan fingerprint density at radius 1 is 1.30 bits per heavy atom. The van der Waals surface area contributed by atoms with E-state index in [4.69, 9.17) is 9.47 Å². The maximum Gasteiger partial charge on any atom is 0.175 e. The van der Waals surface area contributed by atoms with Gasteiger partial charge < -0.3 is 19.4 Å². The van der Waals surface area contributed by atoms with E-state index in [2.05, 4.69) is 31.4 Å². The van der Waals surface area contributed by atoms with Crippen molar-refractivity contribution in [2.45, 2.75) is 13.1 Å². The van der Waals surface area contributed by atoms with Crippen molar-refractivity contribution in [2.75, 3.05) is 13.2 Å². The Morgan fingerprint density at radius 2 is 2.15 bits per heavy atom. The number of hydrogen-bond acceptors (Lipinski definition) is 5. The van der Waals surface area contributed by atoms with Gasteiger partial charge in [-0.1, -0.05) is 0 Å². The third-order valence-electron chi connectivity index (χ3n) is 3.07. The number of hydrogen-bond donors (Lipinski definition) is 1. The van der Waals surface area contributed by atoms with E-state index in [1.165, 1.54) is 0 Å². The Labute approximate surface area is 125 Å². The number of benzene rings is 1. The molecule has 2 aromatic rings. The number of aryl methyl sites for hydroxylation is 1. The van der Waals surface area contributed by atoms with Gasteiger partial charge in [-0.3, -0.25) is 0 Å². The zero-order valence-corrected chi connectivity index (χ0v) is 12.7. The Kier molecular flexibility index (Phi) is 3.88. The molecule has 3 rings (SSSR count). The lowest BCUT2D eigenvalue weighted by atomic mass is 10.2. The third-order valence-corrected chi connectivity index (χ3v) is 3.66. The molecule has 0 saturated heterocycles. The first-order chi connectivity index (χ1) is 9.74. The zero-order chi connectivity index (χ0) is 13.9.